The van der Waals surface area contributed by atoms with Gasteiger partial charge in [-0.1, -0.05) is 23.8 Å². The summed E-state index contributed by atoms with van der Waals surface area (Å²) in [6.07, 6.45) is 5.63. The van der Waals surface area contributed by atoms with Gasteiger partial charge < -0.3 is 15.3 Å². The number of rotatable bonds is 4. The number of halogens is 1. The van der Waals surface area contributed by atoms with E-state index in [1.165, 1.54) is 0 Å². The fourth-order valence-corrected chi connectivity index (χ4v) is 4.70. The molecule has 2 N–H and O–H groups in total. The van der Waals surface area contributed by atoms with Crippen molar-refractivity contribution in [3.8, 4) is 0 Å². The number of benzene rings is 1. The van der Waals surface area contributed by atoms with Crippen molar-refractivity contribution in [2.24, 2.45) is 23.7 Å². The van der Waals surface area contributed by atoms with E-state index in [9.17, 15) is 14.7 Å². The number of carboxylic acids is 1. The van der Waals surface area contributed by atoms with Gasteiger partial charge in [0, 0.05) is 29.8 Å². The van der Waals surface area contributed by atoms with Crippen LogP contribution in [0.5, 0.6) is 0 Å². The van der Waals surface area contributed by atoms with Gasteiger partial charge in [-0.05, 0) is 48.9 Å². The van der Waals surface area contributed by atoms with E-state index < -0.39 is 17.8 Å². The maximum atomic E-state index is 12.7. The summed E-state index contributed by atoms with van der Waals surface area (Å²) in [5, 5.41) is 13.3. The maximum Gasteiger partial charge on any atom is 0.307 e. The lowest BCUT2D eigenvalue weighted by Crippen LogP contribution is -2.45. The van der Waals surface area contributed by atoms with Crippen molar-refractivity contribution in [1.82, 2.24) is 5.32 Å². The van der Waals surface area contributed by atoms with E-state index in [0.29, 0.717) is 5.02 Å². The zero-order valence-electron chi connectivity index (χ0n) is 13.8. The Bertz CT molecular complexity index is 718. The Morgan fingerprint density at radius 3 is 2.48 bits per heavy atom. The molecule has 2 aliphatic carbocycles. The topological polar surface area (TPSA) is 69.6 Å². The highest BCUT2D eigenvalue weighted by atomic mass is 35.5. The summed E-state index contributed by atoms with van der Waals surface area (Å²) < 4.78 is 0. The van der Waals surface area contributed by atoms with Gasteiger partial charge in [-0.25, -0.2) is 0 Å². The number of fused-ring (bicyclic) bond motifs is 2. The molecule has 1 saturated carbocycles. The van der Waals surface area contributed by atoms with Gasteiger partial charge in [0.25, 0.3) is 0 Å². The first-order valence-electron chi connectivity index (χ1n) is 8.75. The molecule has 1 heterocycles. The number of nitrogens with one attached hydrogen (secondary N) is 1. The van der Waals surface area contributed by atoms with Crippen molar-refractivity contribution in [3.63, 3.8) is 0 Å². The molecule has 6 heteroatoms. The first kappa shape index (κ1) is 16.5. The molecule has 4 rings (SSSR count). The van der Waals surface area contributed by atoms with Crippen LogP contribution in [0.2, 0.25) is 5.02 Å². The van der Waals surface area contributed by atoms with E-state index in [4.69, 9.17) is 11.6 Å². The van der Waals surface area contributed by atoms with E-state index in [-0.39, 0.29) is 23.8 Å². The first-order valence-corrected chi connectivity index (χ1v) is 9.13. The number of amides is 1. The summed E-state index contributed by atoms with van der Waals surface area (Å²) in [4.78, 5) is 26.5. The van der Waals surface area contributed by atoms with Gasteiger partial charge in [-0.15, -0.1) is 0 Å². The number of nitrogens with zero attached hydrogens (tertiary/aromatic N) is 1. The van der Waals surface area contributed by atoms with Crippen LogP contribution in [-0.2, 0) is 9.59 Å². The van der Waals surface area contributed by atoms with Gasteiger partial charge in [0.2, 0.25) is 5.91 Å². The van der Waals surface area contributed by atoms with Gasteiger partial charge >= 0.3 is 5.97 Å². The van der Waals surface area contributed by atoms with Crippen LogP contribution >= 0.6 is 11.6 Å². The molecule has 1 saturated heterocycles. The molecule has 1 amide bonds. The number of allylic oxidation sites excluding steroid dienone is 2. The molecule has 25 heavy (non-hydrogen) atoms. The number of carboxylic acid groups (broad SMARTS) is 1. The number of aliphatic carboxylic acids is 1. The zero-order chi connectivity index (χ0) is 17.6. The number of carbonyl (C=O) groups excluding carboxylic acids is 1. The van der Waals surface area contributed by atoms with E-state index in [1.807, 2.05) is 36.4 Å². The molecule has 5 nitrogen and oxygen atoms in total. The quantitative estimate of drug-likeness (QED) is 0.810. The monoisotopic (exact) mass is 360 g/mol. The third-order valence-corrected chi connectivity index (χ3v) is 6.03. The van der Waals surface area contributed by atoms with Crippen LogP contribution in [-0.4, -0.2) is 36.1 Å². The molecular formula is C19H21ClN2O3. The highest BCUT2D eigenvalue weighted by Gasteiger charge is 2.51. The molecule has 2 fully saturated rings. The standard InChI is InChI=1S/C19H21ClN2O3/c20-13-3-5-15(6-4-13)22-8-7-14(10-22)21-18(23)16-11-1-2-12(9-11)17(16)19(24)25/h1-6,11-12,14,16-17H,7-10H2,(H,21,23)(H,24,25). The number of hydrogen-bond acceptors (Lipinski definition) is 3. The lowest BCUT2D eigenvalue weighted by atomic mass is 9.82. The second-order valence-corrected chi connectivity index (χ2v) is 7.69. The minimum Gasteiger partial charge on any atom is -0.481 e. The maximum absolute atomic E-state index is 12.7. The lowest BCUT2D eigenvalue weighted by molar-refractivity contribution is -0.148. The van der Waals surface area contributed by atoms with Crippen LogP contribution in [0.4, 0.5) is 5.69 Å². The molecule has 1 aliphatic heterocycles. The van der Waals surface area contributed by atoms with Gasteiger partial charge in [0.15, 0.2) is 0 Å². The molecule has 0 spiro atoms. The first-order chi connectivity index (χ1) is 12.0. The van der Waals surface area contributed by atoms with Crippen molar-refractivity contribution in [3.05, 3.63) is 41.4 Å². The van der Waals surface area contributed by atoms with E-state index in [2.05, 4.69) is 10.2 Å². The SMILES string of the molecule is O=C(O)C1C2C=CC(C2)C1C(=O)NC1CCN(c2ccc(Cl)cc2)C1. The molecule has 3 aliphatic rings. The van der Waals surface area contributed by atoms with Crippen molar-refractivity contribution >= 4 is 29.2 Å². The summed E-state index contributed by atoms with van der Waals surface area (Å²) in [6, 6.07) is 7.74. The second-order valence-electron chi connectivity index (χ2n) is 7.25. The number of hydrogen-bond donors (Lipinski definition) is 2. The smallest absolute Gasteiger partial charge is 0.307 e. The van der Waals surface area contributed by atoms with Crippen LogP contribution in [0.1, 0.15) is 12.8 Å². The van der Waals surface area contributed by atoms with E-state index >= 15 is 0 Å². The molecule has 1 aromatic rings. The zero-order valence-corrected chi connectivity index (χ0v) is 14.5. The minimum absolute atomic E-state index is 0.00685. The fraction of sp³-hybridized carbons (Fsp3) is 0.474. The van der Waals surface area contributed by atoms with Gasteiger partial charge in [0.05, 0.1) is 11.8 Å². The minimum atomic E-state index is -0.855. The molecule has 0 radical (unpaired) electrons. The third kappa shape index (κ3) is 3.01. The third-order valence-electron chi connectivity index (χ3n) is 5.77. The van der Waals surface area contributed by atoms with Crippen LogP contribution in [0.25, 0.3) is 0 Å². The average Bonchev–Trinajstić information content (AvgIpc) is 3.30. The highest BCUT2D eigenvalue weighted by Crippen LogP contribution is 2.48. The Labute approximate surface area is 151 Å². The van der Waals surface area contributed by atoms with Gasteiger partial charge in [-0.3, -0.25) is 9.59 Å². The van der Waals surface area contributed by atoms with Crippen LogP contribution < -0.4 is 10.2 Å². The summed E-state index contributed by atoms with van der Waals surface area (Å²) >= 11 is 5.93. The largest absolute Gasteiger partial charge is 0.481 e. The van der Waals surface area contributed by atoms with E-state index in [0.717, 1.165) is 31.6 Å². The molecule has 0 aromatic heterocycles. The van der Waals surface area contributed by atoms with E-state index in [1.54, 1.807) is 0 Å². The summed E-state index contributed by atoms with van der Waals surface area (Å²) in [6.45, 7) is 1.60. The Morgan fingerprint density at radius 2 is 1.80 bits per heavy atom. The average molecular weight is 361 g/mol. The molecule has 5 atom stereocenters. The lowest BCUT2D eigenvalue weighted by Gasteiger charge is -2.26. The predicted octanol–water partition coefficient (Wildman–Crippen LogP) is 2.56. The normalized spacial score (nSPS) is 33.0. The van der Waals surface area contributed by atoms with Crippen LogP contribution in [0.3, 0.4) is 0 Å². The summed E-state index contributed by atoms with van der Waals surface area (Å²) in [5.41, 5.74) is 1.09. The Balaban J connectivity index is 1.39. The second kappa shape index (κ2) is 6.37. The van der Waals surface area contributed by atoms with Gasteiger partial charge in [0.1, 0.15) is 0 Å². The molecule has 2 bridgehead atoms. The summed E-state index contributed by atoms with van der Waals surface area (Å²) in [5.74, 6) is -1.90. The van der Waals surface area contributed by atoms with Crippen molar-refractivity contribution in [1.29, 1.82) is 0 Å². The van der Waals surface area contributed by atoms with Crippen molar-refractivity contribution in [2.75, 3.05) is 18.0 Å². The summed E-state index contributed by atoms with van der Waals surface area (Å²) in [7, 11) is 0. The molecular weight excluding hydrogens is 340 g/mol. The van der Waals surface area contributed by atoms with Crippen molar-refractivity contribution in [2.45, 2.75) is 18.9 Å². The predicted molar refractivity (Wildman–Crippen MR) is 95.6 cm³/mol. The molecule has 132 valence electrons. The molecule has 1 aromatic carbocycles. The fourth-order valence-electron chi connectivity index (χ4n) is 4.58. The number of anilines is 1. The van der Waals surface area contributed by atoms with Crippen LogP contribution in [0, 0.1) is 23.7 Å². The number of carbonyl (C=O) groups is 2. The van der Waals surface area contributed by atoms with Crippen molar-refractivity contribution < 1.29 is 14.7 Å². The van der Waals surface area contributed by atoms with Gasteiger partial charge in [-0.2, -0.15) is 0 Å². The van der Waals surface area contributed by atoms with Crippen LogP contribution in [0.15, 0.2) is 36.4 Å². The highest BCUT2D eigenvalue weighted by molar-refractivity contribution is 6.30. The Hall–Kier alpha value is -2.01. The molecule has 5 unspecified atom stereocenters. The Kier molecular flexibility index (Phi) is 4.20. The Morgan fingerprint density at radius 1 is 1.12 bits per heavy atom.